The first kappa shape index (κ1) is 19.7. The minimum Gasteiger partial charge on any atom is -0.508 e. The van der Waals surface area contributed by atoms with Gasteiger partial charge in [-0.25, -0.2) is 0 Å². The van der Waals surface area contributed by atoms with Crippen LogP contribution in [0, 0.1) is 0 Å². The number of benzene rings is 2. The maximum Gasteiger partial charge on any atom is 0.198 e. The lowest BCUT2D eigenvalue weighted by atomic mass is 9.81. The van der Waals surface area contributed by atoms with Crippen LogP contribution < -0.4 is 0 Å². The topological polar surface area (TPSA) is 46.5 Å². The Hall–Kier alpha value is -2.10. The number of rotatable bonds is 3. The van der Waals surface area contributed by atoms with Crippen molar-refractivity contribution in [3.05, 3.63) is 64.4 Å². The lowest BCUT2D eigenvalue weighted by molar-refractivity contribution is -0.158. The molecule has 1 aliphatic heterocycles. The Bertz CT molecular complexity index is 938. The van der Waals surface area contributed by atoms with Crippen LogP contribution in [-0.2, 0) is 16.0 Å². The number of Topliss-reactive ketones (excluding diaryl/α,β-unsaturated/α-hetero) is 1. The monoisotopic (exact) mass is 384 g/mol. The Morgan fingerprint density at radius 3 is 2.30 bits per heavy atom. The van der Waals surface area contributed by atoms with Gasteiger partial charge in [0.1, 0.15) is 17.0 Å². The average molecular weight is 385 g/mol. The molecule has 142 valence electrons. The third kappa shape index (κ3) is 3.42. The van der Waals surface area contributed by atoms with Gasteiger partial charge in [0.15, 0.2) is 5.78 Å². The number of ketones is 1. The summed E-state index contributed by atoms with van der Waals surface area (Å²) in [6.07, 6.45) is 0.722. The third-order valence-corrected chi connectivity index (χ3v) is 5.36. The van der Waals surface area contributed by atoms with Gasteiger partial charge in [-0.05, 0) is 56.9 Å². The maximum absolute atomic E-state index is 13.1. The molecule has 1 heterocycles. The maximum atomic E-state index is 13.1. The third-order valence-electron chi connectivity index (χ3n) is 5.03. The fourth-order valence-electron chi connectivity index (χ4n) is 3.69. The van der Waals surface area contributed by atoms with Gasteiger partial charge in [-0.2, -0.15) is 0 Å². The van der Waals surface area contributed by atoms with Crippen LogP contribution in [0.3, 0.4) is 0 Å². The van der Waals surface area contributed by atoms with Crippen molar-refractivity contribution in [3.63, 3.8) is 0 Å². The van der Waals surface area contributed by atoms with Crippen LogP contribution in [0.4, 0.5) is 0 Å². The number of hydrogen-bond donors (Lipinski definition) is 1. The molecule has 0 aromatic heterocycles. The molecule has 0 atom stereocenters. The number of ether oxygens (including phenoxy) is 1. The molecule has 0 aliphatic carbocycles. The van der Waals surface area contributed by atoms with Gasteiger partial charge in [-0.1, -0.05) is 54.9 Å². The SMILES string of the molecule is CCc1cc(-c2ccccc2Cl)ccc1C1=C(O)C(C)(C)OC(C)(C)C1=O. The molecule has 1 aliphatic rings. The largest absolute Gasteiger partial charge is 0.508 e. The predicted octanol–water partition coefficient (Wildman–Crippen LogP) is 6.00. The molecule has 2 aromatic rings. The summed E-state index contributed by atoms with van der Waals surface area (Å²) in [5, 5.41) is 11.5. The minimum atomic E-state index is -1.00. The van der Waals surface area contributed by atoms with Gasteiger partial charge in [0.2, 0.25) is 0 Å². The quantitative estimate of drug-likeness (QED) is 0.706. The Labute approximate surface area is 165 Å². The van der Waals surface area contributed by atoms with Crippen molar-refractivity contribution in [3.8, 4) is 11.1 Å². The zero-order chi connectivity index (χ0) is 20.0. The number of carbonyl (C=O) groups excluding carboxylic acids is 1. The summed E-state index contributed by atoms with van der Waals surface area (Å²) >= 11 is 6.34. The molecular formula is C23H25ClO3. The Morgan fingerprint density at radius 1 is 1.00 bits per heavy atom. The number of aliphatic hydroxyl groups is 1. The van der Waals surface area contributed by atoms with Crippen LogP contribution >= 0.6 is 11.6 Å². The summed E-state index contributed by atoms with van der Waals surface area (Å²) in [4.78, 5) is 13.1. The van der Waals surface area contributed by atoms with Crippen molar-refractivity contribution in [2.75, 3.05) is 0 Å². The van der Waals surface area contributed by atoms with E-state index in [1.54, 1.807) is 27.7 Å². The molecule has 0 saturated heterocycles. The van der Waals surface area contributed by atoms with E-state index in [9.17, 15) is 9.90 Å². The van der Waals surface area contributed by atoms with Gasteiger partial charge in [-0.15, -0.1) is 0 Å². The van der Waals surface area contributed by atoms with Crippen LogP contribution in [0.25, 0.3) is 16.7 Å². The van der Waals surface area contributed by atoms with E-state index in [1.807, 2.05) is 49.4 Å². The highest BCUT2D eigenvalue weighted by molar-refractivity contribution is 6.33. The standard InChI is InChI=1S/C23H25ClO3/c1-6-14-13-15(16-9-7-8-10-18(16)24)11-12-17(14)19-20(25)22(2,3)27-23(4,5)21(19)26/h7-13,25H,6H2,1-5H3. The van der Waals surface area contributed by atoms with Crippen molar-refractivity contribution in [2.24, 2.45) is 0 Å². The van der Waals surface area contributed by atoms with Crippen LogP contribution in [0.5, 0.6) is 0 Å². The summed E-state index contributed by atoms with van der Waals surface area (Å²) in [6.45, 7) is 9.08. The van der Waals surface area contributed by atoms with Crippen LogP contribution in [0.2, 0.25) is 5.02 Å². The van der Waals surface area contributed by atoms with E-state index in [1.165, 1.54) is 0 Å². The van der Waals surface area contributed by atoms with Gasteiger partial charge in [0.05, 0.1) is 5.57 Å². The summed E-state index contributed by atoms with van der Waals surface area (Å²) in [5.74, 6) is -0.230. The van der Waals surface area contributed by atoms with Crippen LogP contribution in [0.1, 0.15) is 45.7 Å². The molecule has 0 fully saturated rings. The molecule has 0 radical (unpaired) electrons. The summed E-state index contributed by atoms with van der Waals surface area (Å²) in [6, 6.07) is 13.6. The molecule has 3 rings (SSSR count). The lowest BCUT2D eigenvalue weighted by Crippen LogP contribution is -2.49. The van der Waals surface area contributed by atoms with E-state index in [0.717, 1.165) is 28.7 Å². The van der Waals surface area contributed by atoms with Crippen LogP contribution in [0.15, 0.2) is 48.2 Å². The van der Waals surface area contributed by atoms with Crippen molar-refractivity contribution < 1.29 is 14.6 Å². The first-order chi connectivity index (χ1) is 12.6. The first-order valence-electron chi connectivity index (χ1n) is 9.15. The number of carbonyl (C=O) groups is 1. The molecule has 1 N–H and O–H groups in total. The highest BCUT2D eigenvalue weighted by atomic mass is 35.5. The van der Waals surface area contributed by atoms with E-state index in [4.69, 9.17) is 16.3 Å². The van der Waals surface area contributed by atoms with Gasteiger partial charge in [0, 0.05) is 10.6 Å². The average Bonchev–Trinajstić information content (AvgIpc) is 2.60. The second-order valence-electron chi connectivity index (χ2n) is 7.88. The van der Waals surface area contributed by atoms with Gasteiger partial charge < -0.3 is 9.84 Å². The van der Waals surface area contributed by atoms with Crippen molar-refractivity contribution >= 4 is 23.0 Å². The second kappa shape index (κ2) is 6.81. The second-order valence-corrected chi connectivity index (χ2v) is 8.29. The molecule has 0 spiro atoms. The van der Waals surface area contributed by atoms with E-state index in [-0.39, 0.29) is 11.5 Å². The first-order valence-corrected chi connectivity index (χ1v) is 9.53. The highest BCUT2D eigenvalue weighted by Gasteiger charge is 2.47. The van der Waals surface area contributed by atoms with Gasteiger partial charge in [-0.3, -0.25) is 4.79 Å². The Morgan fingerprint density at radius 2 is 1.67 bits per heavy atom. The number of halogens is 1. The number of aryl methyl sites for hydroxylation is 1. The summed E-state index contributed by atoms with van der Waals surface area (Å²) < 4.78 is 5.84. The molecule has 0 amide bonds. The molecule has 2 aromatic carbocycles. The summed E-state index contributed by atoms with van der Waals surface area (Å²) in [5.41, 5.74) is 2.07. The van der Waals surface area contributed by atoms with E-state index < -0.39 is 11.2 Å². The van der Waals surface area contributed by atoms with Gasteiger partial charge >= 0.3 is 0 Å². The van der Waals surface area contributed by atoms with E-state index in [0.29, 0.717) is 10.6 Å². The number of aliphatic hydroxyl groups excluding tert-OH is 1. The molecule has 0 bridgehead atoms. The minimum absolute atomic E-state index is 0.0213. The normalized spacial score (nSPS) is 18.7. The molecule has 0 unspecified atom stereocenters. The van der Waals surface area contributed by atoms with Gasteiger partial charge in [0.25, 0.3) is 0 Å². The Balaban J connectivity index is 2.20. The number of hydrogen-bond acceptors (Lipinski definition) is 3. The van der Waals surface area contributed by atoms with E-state index in [2.05, 4.69) is 0 Å². The van der Waals surface area contributed by atoms with E-state index >= 15 is 0 Å². The summed E-state index contributed by atoms with van der Waals surface area (Å²) in [7, 11) is 0. The van der Waals surface area contributed by atoms with Crippen molar-refractivity contribution in [2.45, 2.75) is 52.2 Å². The molecule has 4 heteroatoms. The smallest absolute Gasteiger partial charge is 0.198 e. The fraction of sp³-hybridized carbons (Fsp3) is 0.348. The fourth-order valence-corrected chi connectivity index (χ4v) is 3.93. The highest BCUT2D eigenvalue weighted by Crippen LogP contribution is 2.41. The zero-order valence-corrected chi connectivity index (χ0v) is 17.1. The molecule has 0 saturated carbocycles. The zero-order valence-electron chi connectivity index (χ0n) is 16.4. The molecule has 27 heavy (non-hydrogen) atoms. The predicted molar refractivity (Wildman–Crippen MR) is 110 cm³/mol. The molecular weight excluding hydrogens is 360 g/mol. The Kier molecular flexibility index (Phi) is 4.96. The molecule has 3 nitrogen and oxygen atoms in total. The lowest BCUT2D eigenvalue weighted by Gasteiger charge is -2.40. The van der Waals surface area contributed by atoms with Crippen LogP contribution in [-0.4, -0.2) is 22.1 Å². The van der Waals surface area contributed by atoms with Crippen molar-refractivity contribution in [1.29, 1.82) is 0 Å². The van der Waals surface area contributed by atoms with Crippen molar-refractivity contribution in [1.82, 2.24) is 0 Å².